The molecule has 7 nitrogen and oxygen atoms in total. The van der Waals surface area contributed by atoms with Crippen molar-refractivity contribution in [3.63, 3.8) is 0 Å². The first-order valence-corrected chi connectivity index (χ1v) is 11.0. The summed E-state index contributed by atoms with van der Waals surface area (Å²) in [6.45, 7) is 6.63. The first kappa shape index (κ1) is 22.4. The smallest absolute Gasteiger partial charge is 0.282 e. The van der Waals surface area contributed by atoms with Crippen LogP contribution in [-0.2, 0) is 0 Å². The Morgan fingerprint density at radius 3 is 2.53 bits per heavy atom. The molecule has 0 aliphatic carbocycles. The van der Waals surface area contributed by atoms with Gasteiger partial charge in [-0.3, -0.25) is 19.8 Å². The van der Waals surface area contributed by atoms with Crippen LogP contribution in [-0.4, -0.2) is 46.9 Å². The maximum absolute atomic E-state index is 13.5. The number of amides is 1. The van der Waals surface area contributed by atoms with Crippen molar-refractivity contribution < 1.29 is 9.72 Å². The van der Waals surface area contributed by atoms with E-state index in [4.69, 9.17) is 23.2 Å². The number of para-hydroxylation sites is 1. The second-order valence-electron chi connectivity index (χ2n) is 6.49. The Labute approximate surface area is 188 Å². The zero-order valence-electron chi connectivity index (χ0n) is 16.5. The highest BCUT2D eigenvalue weighted by molar-refractivity contribution is 7.22. The van der Waals surface area contributed by atoms with Crippen LogP contribution in [0.3, 0.4) is 0 Å². The Kier molecular flexibility index (Phi) is 7.25. The fourth-order valence-corrected chi connectivity index (χ4v) is 4.53. The third-order valence-corrected chi connectivity index (χ3v) is 6.34. The number of carbonyl (C=O) groups excluding carboxylic acids is 1. The minimum absolute atomic E-state index is 0.0719. The van der Waals surface area contributed by atoms with Gasteiger partial charge in [0.25, 0.3) is 11.6 Å². The summed E-state index contributed by atoms with van der Waals surface area (Å²) in [4.78, 5) is 32.5. The van der Waals surface area contributed by atoms with Gasteiger partial charge in [-0.2, -0.15) is 0 Å². The van der Waals surface area contributed by atoms with Gasteiger partial charge in [-0.25, -0.2) is 4.98 Å². The molecule has 1 amide bonds. The normalized spacial score (nSPS) is 11.2. The Morgan fingerprint density at radius 1 is 1.17 bits per heavy atom. The van der Waals surface area contributed by atoms with E-state index in [9.17, 15) is 14.9 Å². The molecule has 0 aliphatic rings. The van der Waals surface area contributed by atoms with E-state index in [2.05, 4.69) is 9.88 Å². The molecule has 0 bridgehead atoms. The average Bonchev–Trinajstić information content (AvgIpc) is 3.16. The van der Waals surface area contributed by atoms with E-state index in [-0.39, 0.29) is 16.3 Å². The van der Waals surface area contributed by atoms with Gasteiger partial charge in [0.15, 0.2) is 5.13 Å². The number of halogens is 2. The van der Waals surface area contributed by atoms with Crippen molar-refractivity contribution in [1.82, 2.24) is 9.88 Å². The summed E-state index contributed by atoms with van der Waals surface area (Å²) < 4.78 is 0.832. The lowest BCUT2D eigenvalue weighted by Gasteiger charge is -2.24. The van der Waals surface area contributed by atoms with Crippen molar-refractivity contribution in [1.29, 1.82) is 0 Å². The van der Waals surface area contributed by atoms with Crippen LogP contribution >= 0.6 is 34.5 Å². The third-order valence-electron chi connectivity index (χ3n) is 4.75. The van der Waals surface area contributed by atoms with E-state index in [1.165, 1.54) is 34.4 Å². The second-order valence-corrected chi connectivity index (χ2v) is 8.34. The molecule has 3 aromatic rings. The molecule has 0 N–H and O–H groups in total. The number of likely N-dealkylation sites (N-methyl/N-ethyl adjacent to an activating group) is 1. The van der Waals surface area contributed by atoms with Crippen LogP contribution in [0.1, 0.15) is 24.2 Å². The lowest BCUT2D eigenvalue weighted by Crippen LogP contribution is -2.39. The Bertz CT molecular complexity index is 1090. The Hall–Kier alpha value is -2.26. The van der Waals surface area contributed by atoms with Crippen molar-refractivity contribution in [2.75, 3.05) is 31.1 Å². The van der Waals surface area contributed by atoms with Crippen LogP contribution in [0, 0.1) is 10.1 Å². The van der Waals surface area contributed by atoms with E-state index in [0.717, 1.165) is 17.8 Å². The van der Waals surface area contributed by atoms with Gasteiger partial charge in [-0.05, 0) is 37.4 Å². The molecule has 1 heterocycles. The van der Waals surface area contributed by atoms with Gasteiger partial charge in [0.1, 0.15) is 11.1 Å². The van der Waals surface area contributed by atoms with Gasteiger partial charge >= 0.3 is 0 Å². The molecule has 0 atom stereocenters. The number of nitro benzene ring substituents is 1. The van der Waals surface area contributed by atoms with Crippen molar-refractivity contribution in [3.05, 3.63) is 62.1 Å². The number of hydrogen-bond acceptors (Lipinski definition) is 6. The number of hydrogen-bond donors (Lipinski definition) is 0. The van der Waals surface area contributed by atoms with Crippen molar-refractivity contribution in [2.24, 2.45) is 0 Å². The summed E-state index contributed by atoms with van der Waals surface area (Å²) in [5.41, 5.74) is 0.231. The number of carbonyl (C=O) groups is 1. The molecule has 0 spiro atoms. The third kappa shape index (κ3) is 4.73. The lowest BCUT2D eigenvalue weighted by molar-refractivity contribution is -0.385. The first-order valence-electron chi connectivity index (χ1n) is 9.38. The molecule has 0 saturated heterocycles. The number of aromatic nitrogens is 1. The van der Waals surface area contributed by atoms with Crippen LogP contribution in [0.2, 0.25) is 10.0 Å². The second kappa shape index (κ2) is 9.70. The quantitative estimate of drug-likeness (QED) is 0.323. The number of thiazole rings is 1. The zero-order chi connectivity index (χ0) is 21.8. The van der Waals surface area contributed by atoms with Crippen LogP contribution in [0.25, 0.3) is 10.2 Å². The Morgan fingerprint density at radius 2 is 1.90 bits per heavy atom. The minimum atomic E-state index is -0.582. The summed E-state index contributed by atoms with van der Waals surface area (Å²) in [5, 5.41) is 12.7. The van der Waals surface area contributed by atoms with Gasteiger partial charge in [0.05, 0.1) is 14.6 Å². The average molecular weight is 467 g/mol. The lowest BCUT2D eigenvalue weighted by atomic mass is 10.1. The van der Waals surface area contributed by atoms with Gasteiger partial charge in [0, 0.05) is 24.2 Å². The fraction of sp³-hybridized carbons (Fsp3) is 0.300. The van der Waals surface area contributed by atoms with E-state index in [0.29, 0.717) is 28.8 Å². The molecular formula is C20H20Cl2N4O3S. The van der Waals surface area contributed by atoms with Gasteiger partial charge in [-0.15, -0.1) is 0 Å². The highest BCUT2D eigenvalue weighted by Crippen LogP contribution is 2.34. The first-order chi connectivity index (χ1) is 14.3. The molecule has 2 aromatic carbocycles. The predicted octanol–water partition coefficient (Wildman–Crippen LogP) is 5.50. The summed E-state index contributed by atoms with van der Waals surface area (Å²) >= 11 is 13.6. The molecule has 1 aromatic heterocycles. The molecule has 0 saturated carbocycles. The fourth-order valence-electron chi connectivity index (χ4n) is 3.07. The standard InChI is InChI=1S/C20H20Cl2N4O3S/c1-3-24(4-2)10-11-25(20-23-18-15(22)6-5-7-17(18)30-20)19(27)14-12-13(21)8-9-16(14)26(28)29/h5-9,12H,3-4,10-11H2,1-2H3. The zero-order valence-corrected chi connectivity index (χ0v) is 18.8. The molecule has 0 radical (unpaired) electrons. The highest BCUT2D eigenvalue weighted by atomic mass is 35.5. The SMILES string of the molecule is CCN(CC)CCN(C(=O)c1cc(Cl)ccc1[N+](=O)[O-])c1nc2c(Cl)cccc2s1. The van der Waals surface area contributed by atoms with Crippen LogP contribution in [0.15, 0.2) is 36.4 Å². The van der Waals surface area contributed by atoms with E-state index in [1.54, 1.807) is 6.07 Å². The molecule has 0 aliphatic heterocycles. The van der Waals surface area contributed by atoms with Crippen molar-refractivity contribution >= 4 is 61.5 Å². The summed E-state index contributed by atoms with van der Waals surface area (Å²) in [7, 11) is 0. The minimum Gasteiger partial charge on any atom is -0.302 e. The number of nitro groups is 1. The number of anilines is 1. The molecule has 10 heteroatoms. The number of rotatable bonds is 8. The van der Waals surface area contributed by atoms with E-state index < -0.39 is 10.8 Å². The number of benzene rings is 2. The number of nitrogens with zero attached hydrogens (tertiary/aromatic N) is 4. The summed E-state index contributed by atoms with van der Waals surface area (Å²) in [6.07, 6.45) is 0. The van der Waals surface area contributed by atoms with Gasteiger partial charge < -0.3 is 4.90 Å². The molecule has 158 valence electrons. The maximum Gasteiger partial charge on any atom is 0.282 e. The summed E-state index contributed by atoms with van der Waals surface area (Å²) in [5.74, 6) is -0.522. The maximum atomic E-state index is 13.5. The Balaban J connectivity index is 2.07. The van der Waals surface area contributed by atoms with Crippen molar-refractivity contribution in [2.45, 2.75) is 13.8 Å². The van der Waals surface area contributed by atoms with Crippen molar-refractivity contribution in [3.8, 4) is 0 Å². The topological polar surface area (TPSA) is 79.6 Å². The monoisotopic (exact) mass is 466 g/mol. The highest BCUT2D eigenvalue weighted by Gasteiger charge is 2.28. The largest absolute Gasteiger partial charge is 0.302 e. The van der Waals surface area contributed by atoms with Crippen LogP contribution in [0.5, 0.6) is 0 Å². The molecule has 3 rings (SSSR count). The molecule has 30 heavy (non-hydrogen) atoms. The van der Waals surface area contributed by atoms with Gasteiger partial charge in [-0.1, -0.05) is 54.5 Å². The predicted molar refractivity (Wildman–Crippen MR) is 122 cm³/mol. The molecular weight excluding hydrogens is 447 g/mol. The van der Waals surface area contributed by atoms with E-state index in [1.807, 2.05) is 26.0 Å². The molecule has 0 fully saturated rings. The number of fused-ring (bicyclic) bond motifs is 1. The van der Waals surface area contributed by atoms with Crippen LogP contribution < -0.4 is 4.90 Å². The van der Waals surface area contributed by atoms with Crippen LogP contribution in [0.4, 0.5) is 10.8 Å². The molecule has 0 unspecified atom stereocenters. The van der Waals surface area contributed by atoms with E-state index >= 15 is 0 Å². The summed E-state index contributed by atoms with van der Waals surface area (Å²) in [6, 6.07) is 9.39. The van der Waals surface area contributed by atoms with Gasteiger partial charge in [0.2, 0.25) is 0 Å².